The molecule has 1 atom stereocenters. The molecule has 0 saturated carbocycles. The largest absolute Gasteiger partial charge is 0.482 e. The van der Waals surface area contributed by atoms with E-state index in [1.54, 1.807) is 37.4 Å². The molecule has 0 aliphatic carbocycles. The van der Waals surface area contributed by atoms with Gasteiger partial charge in [0.15, 0.2) is 18.5 Å². The number of aromatic nitrogens is 1. The fourth-order valence-electron chi connectivity index (χ4n) is 2.86. The fourth-order valence-corrected chi connectivity index (χ4v) is 2.86. The number of ketones is 2. The normalized spacial score (nSPS) is 11.8. The highest BCUT2D eigenvalue weighted by molar-refractivity contribution is 6.10. The van der Waals surface area contributed by atoms with Crippen molar-refractivity contribution < 1.29 is 23.9 Å². The summed E-state index contributed by atoms with van der Waals surface area (Å²) in [6.45, 7) is 3.00. The topological polar surface area (TPSA) is 85.5 Å². The zero-order valence-electron chi connectivity index (χ0n) is 15.7. The molecule has 0 amide bonds. The van der Waals surface area contributed by atoms with E-state index in [1.807, 2.05) is 24.3 Å². The van der Waals surface area contributed by atoms with Gasteiger partial charge in [0.2, 0.25) is 5.78 Å². The van der Waals surface area contributed by atoms with Gasteiger partial charge in [0.05, 0.1) is 0 Å². The Morgan fingerprint density at radius 1 is 1.04 bits per heavy atom. The Kier molecular flexibility index (Phi) is 5.89. The fraction of sp³-hybridized carbons (Fsp3) is 0.227. The van der Waals surface area contributed by atoms with Gasteiger partial charge in [-0.1, -0.05) is 25.1 Å². The van der Waals surface area contributed by atoms with Crippen LogP contribution in [0.2, 0.25) is 0 Å². The number of rotatable bonds is 8. The number of hydrogen-bond acceptors (Lipinski definition) is 5. The number of Topliss-reactive ketones (excluding diaryl/α,β-unsaturated/α-hetero) is 2. The number of nitrogens with one attached hydrogen (secondary N) is 1. The first-order chi connectivity index (χ1) is 13.5. The smallest absolute Gasteiger partial charge is 0.344 e. The Bertz CT molecular complexity index is 1000. The van der Waals surface area contributed by atoms with Gasteiger partial charge in [-0.3, -0.25) is 9.59 Å². The number of esters is 1. The zero-order valence-corrected chi connectivity index (χ0v) is 15.7. The first-order valence-electron chi connectivity index (χ1n) is 9.05. The minimum atomic E-state index is -0.931. The summed E-state index contributed by atoms with van der Waals surface area (Å²) < 4.78 is 10.6. The highest BCUT2D eigenvalue weighted by atomic mass is 16.6. The van der Waals surface area contributed by atoms with Crippen LogP contribution in [0.5, 0.6) is 5.75 Å². The molecule has 6 nitrogen and oxygen atoms in total. The van der Waals surface area contributed by atoms with Gasteiger partial charge >= 0.3 is 5.97 Å². The van der Waals surface area contributed by atoms with Crippen LogP contribution in [0.3, 0.4) is 0 Å². The van der Waals surface area contributed by atoms with Crippen LogP contribution in [0.15, 0.2) is 54.7 Å². The van der Waals surface area contributed by atoms with Gasteiger partial charge in [-0.2, -0.15) is 0 Å². The lowest BCUT2D eigenvalue weighted by Crippen LogP contribution is -2.27. The predicted octanol–water partition coefficient (Wildman–Crippen LogP) is 3.95. The molecular formula is C22H21NO5. The van der Waals surface area contributed by atoms with Crippen molar-refractivity contribution in [2.24, 2.45) is 0 Å². The Morgan fingerprint density at radius 3 is 2.46 bits per heavy atom. The predicted molar refractivity (Wildman–Crippen MR) is 105 cm³/mol. The standard InChI is InChI=1S/C22H21NO5/c1-3-20(24)15-8-10-16(11-9-15)27-13-21(25)28-14(2)22(26)18-12-23-19-7-5-4-6-17(18)19/h4-12,14,23H,3,13H2,1-2H3/t14-/m0/s1. The molecule has 0 aliphatic rings. The monoisotopic (exact) mass is 379 g/mol. The third-order valence-electron chi connectivity index (χ3n) is 4.39. The number of benzene rings is 2. The number of hydrogen-bond donors (Lipinski definition) is 1. The molecule has 0 radical (unpaired) electrons. The van der Waals surface area contributed by atoms with Crippen molar-refractivity contribution in [2.45, 2.75) is 26.4 Å². The summed E-state index contributed by atoms with van der Waals surface area (Å²) in [4.78, 5) is 39.3. The Labute approximate surface area is 162 Å². The van der Waals surface area contributed by atoms with Crippen LogP contribution in [0.25, 0.3) is 10.9 Å². The molecule has 1 N–H and O–H groups in total. The molecule has 1 aromatic heterocycles. The molecule has 6 heteroatoms. The molecule has 0 fully saturated rings. The zero-order chi connectivity index (χ0) is 20.1. The Morgan fingerprint density at radius 2 is 1.75 bits per heavy atom. The second-order valence-corrected chi connectivity index (χ2v) is 6.33. The lowest BCUT2D eigenvalue weighted by molar-refractivity contribution is -0.148. The maximum absolute atomic E-state index is 12.6. The van der Waals surface area contributed by atoms with E-state index in [1.165, 1.54) is 6.92 Å². The molecule has 3 rings (SSSR count). The van der Waals surface area contributed by atoms with E-state index in [0.717, 1.165) is 10.9 Å². The van der Waals surface area contributed by atoms with Crippen LogP contribution in [-0.4, -0.2) is 35.2 Å². The lowest BCUT2D eigenvalue weighted by Gasteiger charge is -2.12. The number of ether oxygens (including phenoxy) is 2. The molecule has 0 saturated heterocycles. The van der Waals surface area contributed by atoms with Crippen molar-refractivity contribution in [3.05, 3.63) is 65.9 Å². The molecule has 144 valence electrons. The Balaban J connectivity index is 1.55. The number of aromatic amines is 1. The average Bonchev–Trinajstić information content (AvgIpc) is 3.15. The first kappa shape index (κ1) is 19.4. The van der Waals surface area contributed by atoms with Gasteiger partial charge in [-0.05, 0) is 37.3 Å². The summed E-state index contributed by atoms with van der Waals surface area (Å²) in [5.41, 5.74) is 1.92. The number of fused-ring (bicyclic) bond motifs is 1. The summed E-state index contributed by atoms with van der Waals surface area (Å²) in [5, 5.41) is 0.786. The molecule has 1 heterocycles. The minimum Gasteiger partial charge on any atom is -0.482 e. The minimum absolute atomic E-state index is 0.0376. The van der Waals surface area contributed by atoms with Gasteiger partial charge in [-0.25, -0.2) is 4.79 Å². The van der Waals surface area contributed by atoms with E-state index >= 15 is 0 Å². The summed E-state index contributed by atoms with van der Waals surface area (Å²) in [7, 11) is 0. The van der Waals surface area contributed by atoms with E-state index in [2.05, 4.69) is 4.98 Å². The van der Waals surface area contributed by atoms with Crippen LogP contribution in [0.4, 0.5) is 0 Å². The molecule has 0 bridgehead atoms. The SMILES string of the molecule is CCC(=O)c1ccc(OCC(=O)O[C@@H](C)C(=O)c2c[nH]c3ccccc23)cc1. The summed E-state index contributed by atoms with van der Waals surface area (Å²) >= 11 is 0. The molecule has 0 spiro atoms. The van der Waals surface area contributed by atoms with Crippen molar-refractivity contribution in [3.63, 3.8) is 0 Å². The Hall–Kier alpha value is -3.41. The summed E-state index contributed by atoms with van der Waals surface area (Å²) in [6, 6.07) is 14.0. The van der Waals surface area contributed by atoms with Gasteiger partial charge in [0, 0.05) is 34.6 Å². The molecule has 3 aromatic rings. The molecule has 28 heavy (non-hydrogen) atoms. The number of carbonyl (C=O) groups is 3. The maximum Gasteiger partial charge on any atom is 0.344 e. The average molecular weight is 379 g/mol. The highest BCUT2D eigenvalue weighted by Gasteiger charge is 2.22. The van der Waals surface area contributed by atoms with Crippen LogP contribution < -0.4 is 4.74 Å². The third kappa shape index (κ3) is 4.28. The second-order valence-electron chi connectivity index (χ2n) is 6.33. The number of carbonyl (C=O) groups excluding carboxylic acids is 3. The second kappa shape index (κ2) is 8.52. The van der Waals surface area contributed by atoms with E-state index in [0.29, 0.717) is 23.3 Å². The van der Waals surface area contributed by atoms with Crippen LogP contribution in [-0.2, 0) is 9.53 Å². The van der Waals surface area contributed by atoms with Gasteiger partial charge in [-0.15, -0.1) is 0 Å². The molecular weight excluding hydrogens is 358 g/mol. The quantitative estimate of drug-likeness (QED) is 0.473. The first-order valence-corrected chi connectivity index (χ1v) is 9.05. The number of para-hydroxylation sites is 1. The highest BCUT2D eigenvalue weighted by Crippen LogP contribution is 2.20. The van der Waals surface area contributed by atoms with Crippen molar-refractivity contribution in [2.75, 3.05) is 6.61 Å². The van der Waals surface area contributed by atoms with Crippen molar-refractivity contribution in [3.8, 4) is 5.75 Å². The summed E-state index contributed by atoms with van der Waals surface area (Å²) in [6.07, 6.45) is 1.11. The number of H-pyrrole nitrogens is 1. The molecule has 0 unspecified atom stereocenters. The van der Waals surface area contributed by atoms with Crippen molar-refractivity contribution in [1.82, 2.24) is 4.98 Å². The summed E-state index contributed by atoms with van der Waals surface area (Å²) in [5.74, 6) is -0.446. The van der Waals surface area contributed by atoms with Gasteiger partial charge in [0.25, 0.3) is 0 Å². The van der Waals surface area contributed by atoms with Gasteiger partial charge in [0.1, 0.15) is 5.75 Å². The van der Waals surface area contributed by atoms with E-state index in [9.17, 15) is 14.4 Å². The van der Waals surface area contributed by atoms with Gasteiger partial charge < -0.3 is 14.5 Å². The van der Waals surface area contributed by atoms with Crippen molar-refractivity contribution >= 4 is 28.4 Å². The van der Waals surface area contributed by atoms with Crippen LogP contribution in [0.1, 0.15) is 41.0 Å². The third-order valence-corrected chi connectivity index (χ3v) is 4.39. The van der Waals surface area contributed by atoms with Crippen LogP contribution >= 0.6 is 0 Å². The maximum atomic E-state index is 12.6. The van der Waals surface area contributed by atoms with E-state index < -0.39 is 12.1 Å². The molecule has 0 aliphatic heterocycles. The van der Waals surface area contributed by atoms with Crippen molar-refractivity contribution in [1.29, 1.82) is 0 Å². The lowest BCUT2D eigenvalue weighted by atomic mass is 10.1. The van der Waals surface area contributed by atoms with Crippen LogP contribution in [0, 0.1) is 0 Å². The molecule has 2 aromatic carbocycles. The van der Waals surface area contributed by atoms with E-state index in [4.69, 9.17) is 9.47 Å². The van der Waals surface area contributed by atoms with E-state index in [-0.39, 0.29) is 18.2 Å².